The Hall–Kier alpha value is -2.32. The van der Waals surface area contributed by atoms with Crippen LogP contribution in [0.1, 0.15) is 24.4 Å². The molecule has 2 aromatic rings. The number of ether oxygens (including phenoxy) is 1. The molecule has 0 unspecified atom stereocenters. The van der Waals surface area contributed by atoms with Gasteiger partial charge in [0.25, 0.3) is 5.91 Å². The number of hydrogen-bond donors (Lipinski definition) is 2. The van der Waals surface area contributed by atoms with E-state index < -0.39 is 0 Å². The second kappa shape index (κ2) is 8.58. The predicted molar refractivity (Wildman–Crippen MR) is 105 cm³/mol. The van der Waals surface area contributed by atoms with Crippen molar-refractivity contribution in [3.63, 3.8) is 0 Å². The van der Waals surface area contributed by atoms with E-state index in [-0.39, 0.29) is 24.6 Å². The van der Waals surface area contributed by atoms with Gasteiger partial charge in [0, 0.05) is 28.9 Å². The zero-order valence-corrected chi connectivity index (χ0v) is 16.7. The molecule has 0 saturated carbocycles. The van der Waals surface area contributed by atoms with Gasteiger partial charge in [0.2, 0.25) is 0 Å². The molecule has 1 aromatic heterocycles. The maximum atomic E-state index is 12.4. The summed E-state index contributed by atoms with van der Waals surface area (Å²) in [5.74, 6) is 0.516. The van der Waals surface area contributed by atoms with Crippen LogP contribution in [0.2, 0.25) is 5.02 Å². The molecular weight excluding hydrogens is 388 g/mol. The van der Waals surface area contributed by atoms with Crippen molar-refractivity contribution >= 4 is 40.0 Å². The van der Waals surface area contributed by atoms with E-state index in [2.05, 4.69) is 15.6 Å². The summed E-state index contributed by atoms with van der Waals surface area (Å²) >= 11 is 7.23. The summed E-state index contributed by atoms with van der Waals surface area (Å²) in [4.78, 5) is 31.4. The number of anilines is 1. The fourth-order valence-electron chi connectivity index (χ4n) is 2.62. The lowest BCUT2D eigenvalue weighted by molar-refractivity contribution is -0.134. The van der Waals surface area contributed by atoms with Crippen LogP contribution in [-0.2, 0) is 17.8 Å². The topological polar surface area (TPSA) is 83.6 Å². The Morgan fingerprint density at radius 2 is 2.07 bits per heavy atom. The molecular formula is C18H21ClN4O3S. The van der Waals surface area contributed by atoms with E-state index in [1.165, 1.54) is 11.3 Å². The van der Waals surface area contributed by atoms with Gasteiger partial charge in [0.15, 0.2) is 11.7 Å². The van der Waals surface area contributed by atoms with Crippen LogP contribution in [0, 0.1) is 0 Å². The van der Waals surface area contributed by atoms with E-state index in [1.54, 1.807) is 29.2 Å². The van der Waals surface area contributed by atoms with Crippen molar-refractivity contribution < 1.29 is 14.3 Å². The molecule has 0 spiro atoms. The number of benzene rings is 1. The maximum Gasteiger partial charge on any atom is 0.321 e. The molecule has 2 heterocycles. The van der Waals surface area contributed by atoms with Crippen molar-refractivity contribution in [2.75, 3.05) is 18.5 Å². The van der Waals surface area contributed by atoms with Gasteiger partial charge in [0.1, 0.15) is 5.75 Å². The Labute approximate surface area is 166 Å². The fraction of sp³-hybridized carbons (Fsp3) is 0.389. The number of rotatable bonds is 5. The first-order chi connectivity index (χ1) is 12.9. The molecule has 144 valence electrons. The highest BCUT2D eigenvalue weighted by molar-refractivity contribution is 7.15. The Morgan fingerprint density at radius 1 is 1.33 bits per heavy atom. The zero-order valence-electron chi connectivity index (χ0n) is 15.1. The molecule has 3 amide bonds. The number of urea groups is 1. The first-order valence-corrected chi connectivity index (χ1v) is 9.82. The van der Waals surface area contributed by atoms with Crippen LogP contribution in [0.15, 0.2) is 24.3 Å². The normalized spacial score (nSPS) is 13.3. The monoisotopic (exact) mass is 408 g/mol. The highest BCUT2D eigenvalue weighted by atomic mass is 35.5. The van der Waals surface area contributed by atoms with Crippen LogP contribution in [0.5, 0.6) is 5.75 Å². The summed E-state index contributed by atoms with van der Waals surface area (Å²) in [5, 5.41) is 6.67. The van der Waals surface area contributed by atoms with Gasteiger partial charge in [-0.3, -0.25) is 10.1 Å². The molecule has 0 aliphatic carbocycles. The number of carbonyl (C=O) groups is 2. The Balaban J connectivity index is 1.55. The van der Waals surface area contributed by atoms with Gasteiger partial charge >= 0.3 is 6.03 Å². The Kier molecular flexibility index (Phi) is 6.18. The molecule has 1 aliphatic rings. The average Bonchev–Trinajstić information content (AvgIpc) is 3.01. The van der Waals surface area contributed by atoms with Crippen molar-refractivity contribution in [1.29, 1.82) is 0 Å². The SMILES string of the molecule is CC(C)NC(=O)Nc1nc2c(s1)CN(C(=O)COc1ccc(Cl)cc1)CC2. The van der Waals surface area contributed by atoms with Crippen LogP contribution in [0.25, 0.3) is 0 Å². The molecule has 0 atom stereocenters. The first kappa shape index (κ1) is 19.4. The molecule has 0 fully saturated rings. The molecule has 27 heavy (non-hydrogen) atoms. The average molecular weight is 409 g/mol. The second-order valence-electron chi connectivity index (χ2n) is 6.45. The number of nitrogens with one attached hydrogen (secondary N) is 2. The lowest BCUT2D eigenvalue weighted by atomic mass is 10.2. The van der Waals surface area contributed by atoms with Crippen molar-refractivity contribution in [3.8, 4) is 5.75 Å². The Morgan fingerprint density at radius 3 is 2.78 bits per heavy atom. The number of nitrogens with zero attached hydrogens (tertiary/aromatic N) is 2. The van der Waals surface area contributed by atoms with Gasteiger partial charge in [-0.1, -0.05) is 22.9 Å². The third kappa shape index (κ3) is 5.33. The predicted octanol–water partition coefficient (Wildman–Crippen LogP) is 3.29. The summed E-state index contributed by atoms with van der Waals surface area (Å²) in [5.41, 5.74) is 0.933. The summed E-state index contributed by atoms with van der Waals surface area (Å²) in [7, 11) is 0. The number of thiazole rings is 1. The van der Waals surface area contributed by atoms with Gasteiger partial charge in [-0.05, 0) is 38.1 Å². The quantitative estimate of drug-likeness (QED) is 0.795. The van der Waals surface area contributed by atoms with Gasteiger partial charge in [-0.2, -0.15) is 0 Å². The molecule has 1 aromatic carbocycles. The minimum absolute atomic E-state index is 0.0301. The first-order valence-electron chi connectivity index (χ1n) is 8.63. The third-order valence-corrected chi connectivity index (χ3v) is 5.15. The third-order valence-electron chi connectivity index (χ3n) is 3.90. The van der Waals surface area contributed by atoms with E-state index in [0.29, 0.717) is 35.4 Å². The summed E-state index contributed by atoms with van der Waals surface area (Å²) in [6.45, 7) is 4.81. The molecule has 1 aliphatic heterocycles. The fourth-order valence-corrected chi connectivity index (χ4v) is 3.77. The van der Waals surface area contributed by atoms with Gasteiger partial charge in [-0.25, -0.2) is 9.78 Å². The van der Waals surface area contributed by atoms with E-state index in [4.69, 9.17) is 16.3 Å². The van der Waals surface area contributed by atoms with Crippen LogP contribution in [0.3, 0.4) is 0 Å². The van der Waals surface area contributed by atoms with Crippen LogP contribution in [0.4, 0.5) is 9.93 Å². The largest absolute Gasteiger partial charge is 0.484 e. The van der Waals surface area contributed by atoms with E-state index in [1.807, 2.05) is 13.8 Å². The summed E-state index contributed by atoms with van der Waals surface area (Å²) in [6, 6.07) is 6.67. The van der Waals surface area contributed by atoms with Crippen LogP contribution in [-0.4, -0.2) is 41.0 Å². The number of halogens is 1. The highest BCUT2D eigenvalue weighted by Crippen LogP contribution is 2.28. The molecule has 7 nitrogen and oxygen atoms in total. The number of fused-ring (bicyclic) bond motifs is 1. The minimum Gasteiger partial charge on any atom is -0.484 e. The van der Waals surface area contributed by atoms with Gasteiger partial charge < -0.3 is 15.0 Å². The number of hydrogen-bond acceptors (Lipinski definition) is 5. The molecule has 9 heteroatoms. The summed E-state index contributed by atoms with van der Waals surface area (Å²) < 4.78 is 5.53. The van der Waals surface area contributed by atoms with Crippen molar-refractivity contribution in [2.45, 2.75) is 32.9 Å². The maximum absolute atomic E-state index is 12.4. The van der Waals surface area contributed by atoms with E-state index >= 15 is 0 Å². The number of carbonyl (C=O) groups excluding carboxylic acids is 2. The smallest absolute Gasteiger partial charge is 0.321 e. The number of amides is 3. The zero-order chi connectivity index (χ0) is 19.4. The molecule has 0 bridgehead atoms. The van der Waals surface area contributed by atoms with E-state index in [0.717, 1.165) is 10.6 Å². The van der Waals surface area contributed by atoms with Crippen molar-refractivity contribution in [3.05, 3.63) is 39.9 Å². The van der Waals surface area contributed by atoms with Crippen molar-refractivity contribution in [1.82, 2.24) is 15.2 Å². The summed E-state index contributed by atoms with van der Waals surface area (Å²) in [6.07, 6.45) is 0.659. The molecule has 3 rings (SSSR count). The minimum atomic E-state index is -0.277. The van der Waals surface area contributed by atoms with Gasteiger partial charge in [0.05, 0.1) is 12.2 Å². The highest BCUT2D eigenvalue weighted by Gasteiger charge is 2.25. The molecule has 0 saturated heterocycles. The number of aromatic nitrogens is 1. The van der Waals surface area contributed by atoms with Gasteiger partial charge in [-0.15, -0.1) is 0 Å². The van der Waals surface area contributed by atoms with Crippen LogP contribution >= 0.6 is 22.9 Å². The Bertz CT molecular complexity index is 823. The van der Waals surface area contributed by atoms with Crippen LogP contribution < -0.4 is 15.4 Å². The van der Waals surface area contributed by atoms with E-state index in [9.17, 15) is 9.59 Å². The standard InChI is InChI=1S/C18H21ClN4O3S/c1-11(2)20-17(25)22-18-21-14-7-8-23(9-15(14)27-18)16(24)10-26-13-5-3-12(19)4-6-13/h3-6,11H,7-10H2,1-2H3,(H2,20,21,22,25). The second-order valence-corrected chi connectivity index (χ2v) is 7.97. The molecule has 0 radical (unpaired) electrons. The lowest BCUT2D eigenvalue weighted by Crippen LogP contribution is -2.38. The molecule has 2 N–H and O–H groups in total. The van der Waals surface area contributed by atoms with Crippen molar-refractivity contribution in [2.24, 2.45) is 0 Å². The lowest BCUT2D eigenvalue weighted by Gasteiger charge is -2.26.